The minimum Gasteiger partial charge on any atom is -0.493 e. The zero-order valence-corrected chi connectivity index (χ0v) is 13.2. The number of benzene rings is 2. The summed E-state index contributed by atoms with van der Waals surface area (Å²) in [5.41, 5.74) is 1.96. The average molecular weight is 302 g/mol. The van der Waals surface area contributed by atoms with E-state index in [1.165, 1.54) is 0 Å². The van der Waals surface area contributed by atoms with Crippen molar-refractivity contribution >= 4 is 0 Å². The van der Waals surface area contributed by atoms with Crippen LogP contribution in [0.2, 0.25) is 0 Å². The van der Waals surface area contributed by atoms with Crippen molar-refractivity contribution in [3.8, 4) is 17.2 Å². The summed E-state index contributed by atoms with van der Waals surface area (Å²) in [4.78, 5) is 0. The molecule has 0 amide bonds. The van der Waals surface area contributed by atoms with Crippen LogP contribution < -0.4 is 14.2 Å². The van der Waals surface area contributed by atoms with Crippen LogP contribution in [0.5, 0.6) is 17.2 Å². The van der Waals surface area contributed by atoms with Crippen LogP contribution >= 0.6 is 0 Å². The summed E-state index contributed by atoms with van der Waals surface area (Å²) in [7, 11) is 4.78. The molecule has 0 radical (unpaired) electrons. The van der Waals surface area contributed by atoms with Gasteiger partial charge < -0.3 is 19.3 Å². The molecule has 0 aliphatic rings. The molecule has 0 aromatic heterocycles. The molecule has 1 N–H and O–H groups in total. The molecule has 0 heterocycles. The van der Waals surface area contributed by atoms with Gasteiger partial charge in [0.2, 0.25) is 5.75 Å². The van der Waals surface area contributed by atoms with Crippen molar-refractivity contribution in [3.63, 3.8) is 0 Å². The first-order valence-electron chi connectivity index (χ1n) is 7.21. The minimum absolute atomic E-state index is 0.486. The topological polar surface area (TPSA) is 47.9 Å². The molecule has 0 bridgehead atoms. The Morgan fingerprint density at radius 1 is 0.909 bits per heavy atom. The molecule has 0 saturated heterocycles. The van der Waals surface area contributed by atoms with Crippen molar-refractivity contribution in [2.75, 3.05) is 21.3 Å². The van der Waals surface area contributed by atoms with Crippen LogP contribution in [0.4, 0.5) is 0 Å². The third-order valence-corrected chi connectivity index (χ3v) is 3.62. The maximum absolute atomic E-state index is 10.2. The van der Waals surface area contributed by atoms with E-state index >= 15 is 0 Å². The highest BCUT2D eigenvalue weighted by atomic mass is 16.5. The second kappa shape index (κ2) is 7.71. The molecule has 2 rings (SSSR count). The smallest absolute Gasteiger partial charge is 0.203 e. The quantitative estimate of drug-likeness (QED) is 0.852. The van der Waals surface area contributed by atoms with Crippen LogP contribution in [-0.4, -0.2) is 26.4 Å². The van der Waals surface area contributed by atoms with E-state index in [0.717, 1.165) is 11.1 Å². The number of aliphatic hydroxyl groups is 1. The SMILES string of the molecule is COc1cc(CCC(O)c2ccccc2)cc(OC)c1OC. The molecule has 22 heavy (non-hydrogen) atoms. The highest BCUT2D eigenvalue weighted by molar-refractivity contribution is 5.53. The predicted octanol–water partition coefficient (Wildman–Crippen LogP) is 3.38. The number of aryl methyl sites for hydroxylation is 1. The second-order valence-electron chi connectivity index (χ2n) is 5.00. The Balaban J connectivity index is 2.13. The largest absolute Gasteiger partial charge is 0.493 e. The van der Waals surface area contributed by atoms with E-state index in [4.69, 9.17) is 14.2 Å². The van der Waals surface area contributed by atoms with E-state index in [-0.39, 0.29) is 0 Å². The van der Waals surface area contributed by atoms with E-state index in [1.54, 1.807) is 21.3 Å². The van der Waals surface area contributed by atoms with Crippen molar-refractivity contribution in [2.45, 2.75) is 18.9 Å². The molecule has 118 valence electrons. The average Bonchev–Trinajstić information content (AvgIpc) is 2.59. The Bertz CT molecular complexity index is 570. The van der Waals surface area contributed by atoms with Gasteiger partial charge in [0.25, 0.3) is 0 Å². The molecule has 4 nitrogen and oxygen atoms in total. The van der Waals surface area contributed by atoms with Gasteiger partial charge in [0.1, 0.15) is 0 Å². The number of aliphatic hydroxyl groups excluding tert-OH is 1. The lowest BCUT2D eigenvalue weighted by atomic mass is 10.0. The van der Waals surface area contributed by atoms with E-state index in [9.17, 15) is 5.11 Å². The van der Waals surface area contributed by atoms with E-state index in [0.29, 0.717) is 30.1 Å². The van der Waals surface area contributed by atoms with Crippen LogP contribution in [0.3, 0.4) is 0 Å². The van der Waals surface area contributed by atoms with Gasteiger partial charge in [0.15, 0.2) is 11.5 Å². The fourth-order valence-electron chi connectivity index (χ4n) is 2.42. The zero-order chi connectivity index (χ0) is 15.9. The van der Waals surface area contributed by atoms with Gasteiger partial charge >= 0.3 is 0 Å². The summed E-state index contributed by atoms with van der Waals surface area (Å²) in [6.07, 6.45) is 0.857. The second-order valence-corrected chi connectivity index (χ2v) is 5.00. The zero-order valence-electron chi connectivity index (χ0n) is 13.2. The van der Waals surface area contributed by atoms with Gasteiger partial charge in [0.05, 0.1) is 27.4 Å². The molecular weight excluding hydrogens is 280 g/mol. The normalized spacial score (nSPS) is 11.8. The molecule has 0 aliphatic carbocycles. The van der Waals surface area contributed by atoms with Crippen LogP contribution in [0, 0.1) is 0 Å². The summed E-state index contributed by atoms with van der Waals surface area (Å²) >= 11 is 0. The van der Waals surface area contributed by atoms with Crippen LogP contribution in [-0.2, 0) is 6.42 Å². The number of methoxy groups -OCH3 is 3. The summed E-state index contributed by atoms with van der Waals surface area (Å²) in [6, 6.07) is 13.5. The van der Waals surface area contributed by atoms with Crippen molar-refractivity contribution in [3.05, 3.63) is 53.6 Å². The summed E-state index contributed by atoms with van der Waals surface area (Å²) in [5.74, 6) is 1.84. The van der Waals surface area contributed by atoms with Gasteiger partial charge in [-0.1, -0.05) is 30.3 Å². The number of rotatable bonds is 7. The number of ether oxygens (including phenoxy) is 3. The third-order valence-electron chi connectivity index (χ3n) is 3.62. The molecule has 0 fully saturated rings. The Morgan fingerprint density at radius 2 is 1.50 bits per heavy atom. The van der Waals surface area contributed by atoms with Gasteiger partial charge in [-0.25, -0.2) is 0 Å². The number of hydrogen-bond donors (Lipinski definition) is 1. The number of hydrogen-bond acceptors (Lipinski definition) is 4. The minimum atomic E-state index is -0.486. The first-order valence-corrected chi connectivity index (χ1v) is 7.21. The first kappa shape index (κ1) is 16.2. The molecule has 0 saturated carbocycles. The highest BCUT2D eigenvalue weighted by Crippen LogP contribution is 2.38. The van der Waals surface area contributed by atoms with Crippen LogP contribution in [0.25, 0.3) is 0 Å². The van der Waals surface area contributed by atoms with Crippen LogP contribution in [0.15, 0.2) is 42.5 Å². The van der Waals surface area contributed by atoms with Crippen molar-refractivity contribution in [1.82, 2.24) is 0 Å². The van der Waals surface area contributed by atoms with Gasteiger partial charge in [0, 0.05) is 0 Å². The summed E-state index contributed by atoms with van der Waals surface area (Å²) < 4.78 is 16.0. The highest BCUT2D eigenvalue weighted by Gasteiger charge is 2.14. The van der Waals surface area contributed by atoms with Gasteiger partial charge in [-0.15, -0.1) is 0 Å². The molecule has 2 aromatic carbocycles. The van der Waals surface area contributed by atoms with Gasteiger partial charge in [-0.2, -0.15) is 0 Å². The standard InChI is InChI=1S/C18H22O4/c1-20-16-11-13(12-17(21-2)18(16)22-3)9-10-15(19)14-7-5-4-6-8-14/h4-8,11-12,15,19H,9-10H2,1-3H3. The summed E-state index contributed by atoms with van der Waals surface area (Å²) in [5, 5.41) is 10.2. The van der Waals surface area contributed by atoms with E-state index in [1.807, 2.05) is 42.5 Å². The van der Waals surface area contributed by atoms with Crippen molar-refractivity contribution < 1.29 is 19.3 Å². The van der Waals surface area contributed by atoms with Gasteiger partial charge in [-0.05, 0) is 36.1 Å². The van der Waals surface area contributed by atoms with E-state index < -0.39 is 6.10 Å². The molecule has 0 aliphatic heterocycles. The Kier molecular flexibility index (Phi) is 5.67. The molecule has 2 aromatic rings. The molecule has 1 atom stereocenters. The Hall–Kier alpha value is -2.20. The van der Waals surface area contributed by atoms with E-state index in [2.05, 4.69) is 0 Å². The Morgan fingerprint density at radius 3 is 2.00 bits per heavy atom. The first-order chi connectivity index (χ1) is 10.7. The molecule has 1 unspecified atom stereocenters. The molecule has 0 spiro atoms. The lowest BCUT2D eigenvalue weighted by molar-refractivity contribution is 0.168. The monoisotopic (exact) mass is 302 g/mol. The third kappa shape index (κ3) is 3.71. The fraction of sp³-hybridized carbons (Fsp3) is 0.333. The predicted molar refractivity (Wildman–Crippen MR) is 85.8 cm³/mol. The maximum atomic E-state index is 10.2. The van der Waals surface area contributed by atoms with Crippen molar-refractivity contribution in [2.24, 2.45) is 0 Å². The van der Waals surface area contributed by atoms with Crippen LogP contribution in [0.1, 0.15) is 23.7 Å². The fourth-order valence-corrected chi connectivity index (χ4v) is 2.42. The molecule has 4 heteroatoms. The van der Waals surface area contributed by atoms with Gasteiger partial charge in [-0.3, -0.25) is 0 Å². The lowest BCUT2D eigenvalue weighted by Gasteiger charge is -2.15. The molecular formula is C18H22O4. The Labute approximate surface area is 131 Å². The van der Waals surface area contributed by atoms with Crippen molar-refractivity contribution in [1.29, 1.82) is 0 Å². The maximum Gasteiger partial charge on any atom is 0.203 e. The lowest BCUT2D eigenvalue weighted by Crippen LogP contribution is -2.01. The summed E-state index contributed by atoms with van der Waals surface area (Å²) in [6.45, 7) is 0.